The predicted octanol–water partition coefficient (Wildman–Crippen LogP) is 1.63. The Morgan fingerprint density at radius 1 is 1.14 bits per heavy atom. The smallest absolute Gasteiger partial charge is 0.294 e. The third-order valence-corrected chi connectivity index (χ3v) is 4.97. The van der Waals surface area contributed by atoms with Crippen molar-refractivity contribution in [1.82, 2.24) is 44.2 Å². The van der Waals surface area contributed by atoms with Gasteiger partial charge in [-0.3, -0.25) is 9.78 Å². The van der Waals surface area contributed by atoms with Crippen LogP contribution in [-0.2, 0) is 6.54 Å². The van der Waals surface area contributed by atoms with Crippen molar-refractivity contribution in [3.8, 4) is 11.4 Å². The van der Waals surface area contributed by atoms with Gasteiger partial charge in [0.05, 0.1) is 12.6 Å². The van der Waals surface area contributed by atoms with E-state index in [9.17, 15) is 4.79 Å². The minimum atomic E-state index is -0.230. The Balaban J connectivity index is 1.52. The lowest BCUT2D eigenvalue weighted by Gasteiger charge is -2.36. The number of carbonyl (C=O) groups excluding carboxylic acids is 1. The average molecular weight is 389 g/mol. The summed E-state index contributed by atoms with van der Waals surface area (Å²) >= 11 is 0. The lowest BCUT2D eigenvalue weighted by molar-refractivity contribution is 0.0524. The third kappa shape index (κ3) is 2.93. The van der Waals surface area contributed by atoms with E-state index in [0.717, 1.165) is 11.4 Å². The molecule has 5 rings (SSSR count). The molecule has 5 heterocycles. The van der Waals surface area contributed by atoms with Crippen molar-refractivity contribution in [3.63, 3.8) is 0 Å². The van der Waals surface area contributed by atoms with Crippen LogP contribution in [0.15, 0.2) is 43.0 Å². The summed E-state index contributed by atoms with van der Waals surface area (Å²) in [6.45, 7) is 5.20. The van der Waals surface area contributed by atoms with Crippen LogP contribution < -0.4 is 0 Å². The number of rotatable bonds is 3. The van der Waals surface area contributed by atoms with Gasteiger partial charge < -0.3 is 4.90 Å². The van der Waals surface area contributed by atoms with Crippen LogP contribution in [0.25, 0.3) is 17.2 Å². The van der Waals surface area contributed by atoms with E-state index in [4.69, 9.17) is 4.98 Å². The van der Waals surface area contributed by atoms with Crippen LogP contribution in [0.1, 0.15) is 36.3 Å². The maximum Gasteiger partial charge on any atom is 0.294 e. The van der Waals surface area contributed by atoms with E-state index in [1.807, 2.05) is 16.8 Å². The van der Waals surface area contributed by atoms with Crippen molar-refractivity contribution in [2.45, 2.75) is 26.4 Å². The molecule has 4 aromatic heterocycles. The summed E-state index contributed by atoms with van der Waals surface area (Å²) in [6, 6.07) is 5.30. The minimum Gasteiger partial charge on any atom is -0.323 e. The maximum absolute atomic E-state index is 13.3. The molecule has 10 heteroatoms. The fourth-order valence-corrected chi connectivity index (χ4v) is 3.67. The molecule has 1 aliphatic rings. The molecule has 0 aromatic carbocycles. The summed E-state index contributed by atoms with van der Waals surface area (Å²) in [5.41, 5.74) is 0.850. The maximum atomic E-state index is 13.3. The van der Waals surface area contributed by atoms with Crippen molar-refractivity contribution in [1.29, 1.82) is 0 Å². The van der Waals surface area contributed by atoms with Crippen molar-refractivity contribution >= 4 is 11.7 Å². The van der Waals surface area contributed by atoms with Crippen molar-refractivity contribution in [2.24, 2.45) is 5.92 Å². The lowest BCUT2D eigenvalue weighted by Crippen LogP contribution is -2.45. The second kappa shape index (κ2) is 6.73. The molecule has 0 bridgehead atoms. The number of nitrogens with zero attached hydrogens (tertiary/aromatic N) is 9. The van der Waals surface area contributed by atoms with Crippen LogP contribution in [0, 0.1) is 5.92 Å². The molecule has 0 saturated heterocycles. The Labute approximate surface area is 166 Å². The van der Waals surface area contributed by atoms with Crippen molar-refractivity contribution < 1.29 is 4.79 Å². The first-order valence-electron chi connectivity index (χ1n) is 9.45. The summed E-state index contributed by atoms with van der Waals surface area (Å²) < 4.78 is 3.39. The fourth-order valence-electron chi connectivity index (χ4n) is 3.67. The van der Waals surface area contributed by atoms with Gasteiger partial charge in [0.2, 0.25) is 5.82 Å². The number of aromatic nitrogens is 8. The molecule has 10 nitrogen and oxygen atoms in total. The first kappa shape index (κ1) is 17.4. The zero-order valence-corrected chi connectivity index (χ0v) is 16.0. The molecule has 0 N–H and O–H groups in total. The molecule has 0 saturated carbocycles. The fraction of sp³-hybridized carbons (Fsp3) is 0.316. The normalized spacial score (nSPS) is 16.4. The number of fused-ring (bicyclic) bond motifs is 2. The quantitative estimate of drug-likeness (QED) is 0.524. The van der Waals surface area contributed by atoms with E-state index in [1.165, 1.54) is 4.52 Å². The van der Waals surface area contributed by atoms with E-state index in [2.05, 4.69) is 39.0 Å². The highest BCUT2D eigenvalue weighted by atomic mass is 16.2. The summed E-state index contributed by atoms with van der Waals surface area (Å²) in [6.07, 6.45) is 6.80. The van der Waals surface area contributed by atoms with Crippen LogP contribution in [0.4, 0.5) is 0 Å². The number of carbonyl (C=O) groups is 1. The molecule has 1 aliphatic heterocycles. The van der Waals surface area contributed by atoms with Gasteiger partial charge in [0, 0.05) is 36.9 Å². The second-order valence-corrected chi connectivity index (χ2v) is 7.25. The van der Waals surface area contributed by atoms with Crippen LogP contribution in [0.2, 0.25) is 0 Å². The van der Waals surface area contributed by atoms with E-state index in [-0.39, 0.29) is 23.7 Å². The zero-order valence-electron chi connectivity index (χ0n) is 16.0. The summed E-state index contributed by atoms with van der Waals surface area (Å²) in [5, 5.41) is 8.93. The van der Waals surface area contributed by atoms with E-state index in [1.54, 1.807) is 35.8 Å². The predicted molar refractivity (Wildman–Crippen MR) is 103 cm³/mol. The lowest BCUT2D eigenvalue weighted by atomic mass is 9.99. The number of amides is 1. The second-order valence-electron chi connectivity index (χ2n) is 7.25. The van der Waals surface area contributed by atoms with E-state index in [0.29, 0.717) is 24.7 Å². The molecule has 0 radical (unpaired) electrons. The standard InChI is InChI=1S/C19H19N9O/c1-12(2)14-17-22-15(13-5-3-6-20-11-13)24-27(17)10-9-26(14)18(29)16-23-19-21-7-4-8-28(19)25-16/h3-8,11-12,14H,9-10H2,1-2H3/t14-/m1/s1. The molecular formula is C19H19N9O. The van der Waals surface area contributed by atoms with Crippen molar-refractivity contribution in [2.75, 3.05) is 6.54 Å². The molecule has 146 valence electrons. The van der Waals surface area contributed by atoms with Gasteiger partial charge in [-0.1, -0.05) is 13.8 Å². The summed E-state index contributed by atoms with van der Waals surface area (Å²) in [7, 11) is 0. The van der Waals surface area contributed by atoms with E-state index < -0.39 is 0 Å². The molecular weight excluding hydrogens is 370 g/mol. The van der Waals surface area contributed by atoms with Gasteiger partial charge in [0.1, 0.15) is 0 Å². The topological polar surface area (TPSA) is 107 Å². The minimum absolute atomic E-state index is 0.134. The van der Waals surface area contributed by atoms with Crippen molar-refractivity contribution in [3.05, 3.63) is 54.6 Å². The van der Waals surface area contributed by atoms with Gasteiger partial charge in [0.25, 0.3) is 11.7 Å². The first-order chi connectivity index (χ1) is 14.1. The zero-order chi connectivity index (χ0) is 20.0. The van der Waals surface area contributed by atoms with E-state index >= 15 is 0 Å². The van der Waals surface area contributed by atoms with Gasteiger partial charge in [0.15, 0.2) is 11.6 Å². The largest absolute Gasteiger partial charge is 0.323 e. The highest BCUT2D eigenvalue weighted by molar-refractivity contribution is 5.91. The van der Waals surface area contributed by atoms with Crippen LogP contribution >= 0.6 is 0 Å². The van der Waals surface area contributed by atoms with Gasteiger partial charge in [-0.15, -0.1) is 5.10 Å². The Hall–Kier alpha value is -3.69. The molecule has 0 fully saturated rings. The first-order valence-corrected chi connectivity index (χ1v) is 9.45. The summed E-state index contributed by atoms with van der Waals surface area (Å²) in [5.74, 6) is 1.82. The van der Waals surface area contributed by atoms with Gasteiger partial charge >= 0.3 is 0 Å². The number of pyridine rings is 1. The Kier molecular flexibility index (Phi) is 4.04. The Morgan fingerprint density at radius 3 is 2.79 bits per heavy atom. The van der Waals surface area contributed by atoms with Crippen LogP contribution in [0.5, 0.6) is 0 Å². The molecule has 29 heavy (non-hydrogen) atoms. The van der Waals surface area contributed by atoms with Gasteiger partial charge in [-0.25, -0.2) is 19.2 Å². The van der Waals surface area contributed by atoms with Crippen LogP contribution in [0.3, 0.4) is 0 Å². The molecule has 0 unspecified atom stereocenters. The SMILES string of the molecule is CC(C)[C@@H]1c2nc(-c3cccnc3)nn2CCN1C(=O)c1nc2ncccn2n1. The Morgan fingerprint density at radius 2 is 2.03 bits per heavy atom. The molecule has 1 atom stereocenters. The van der Waals surface area contributed by atoms with Gasteiger partial charge in [-0.05, 0) is 24.1 Å². The number of hydrogen-bond acceptors (Lipinski definition) is 7. The highest BCUT2D eigenvalue weighted by Crippen LogP contribution is 2.32. The average Bonchev–Trinajstić information content (AvgIpc) is 3.37. The monoisotopic (exact) mass is 389 g/mol. The molecule has 1 amide bonds. The summed E-state index contributed by atoms with van der Waals surface area (Å²) in [4.78, 5) is 32.4. The molecule has 4 aromatic rings. The molecule has 0 aliphatic carbocycles. The number of hydrogen-bond donors (Lipinski definition) is 0. The third-order valence-electron chi connectivity index (χ3n) is 4.97. The van der Waals surface area contributed by atoms with Gasteiger partial charge in [-0.2, -0.15) is 10.1 Å². The highest BCUT2D eigenvalue weighted by Gasteiger charge is 2.37. The van der Waals surface area contributed by atoms with Crippen LogP contribution in [-0.4, -0.2) is 56.7 Å². The molecule has 0 spiro atoms. The Bertz CT molecular complexity index is 1150.